The van der Waals surface area contributed by atoms with Gasteiger partial charge in [-0.3, -0.25) is 0 Å². The lowest BCUT2D eigenvalue weighted by atomic mass is 10.1. The van der Waals surface area contributed by atoms with Crippen molar-refractivity contribution in [1.29, 1.82) is 0 Å². The van der Waals surface area contributed by atoms with E-state index in [1.165, 1.54) is 6.42 Å². The van der Waals surface area contributed by atoms with Gasteiger partial charge >= 0.3 is 6.03 Å². The van der Waals surface area contributed by atoms with Gasteiger partial charge in [-0.1, -0.05) is 0 Å². The summed E-state index contributed by atoms with van der Waals surface area (Å²) in [5.41, 5.74) is 1.03. The maximum Gasteiger partial charge on any atom is 0.317 e. The van der Waals surface area contributed by atoms with E-state index >= 15 is 0 Å². The van der Waals surface area contributed by atoms with Crippen molar-refractivity contribution < 1.29 is 19.0 Å². The summed E-state index contributed by atoms with van der Waals surface area (Å²) in [4.78, 5) is 14.0. The van der Waals surface area contributed by atoms with Crippen molar-refractivity contribution in [2.45, 2.75) is 25.7 Å². The number of piperidine rings is 1. The molecule has 1 aliphatic rings. The first kappa shape index (κ1) is 17.2. The van der Waals surface area contributed by atoms with Gasteiger partial charge < -0.3 is 24.4 Å². The maximum absolute atomic E-state index is 12.1. The highest BCUT2D eigenvalue weighted by Crippen LogP contribution is 2.38. The average Bonchev–Trinajstić information content (AvgIpc) is 2.61. The monoisotopic (exact) mass is 322 g/mol. The number of methoxy groups -OCH3 is 3. The Balaban J connectivity index is 1.93. The Morgan fingerprint density at radius 3 is 2.17 bits per heavy atom. The fourth-order valence-corrected chi connectivity index (χ4v) is 2.80. The van der Waals surface area contributed by atoms with Crippen LogP contribution in [0.4, 0.5) is 4.79 Å². The van der Waals surface area contributed by atoms with E-state index in [4.69, 9.17) is 14.2 Å². The van der Waals surface area contributed by atoms with E-state index in [0.29, 0.717) is 30.2 Å². The third-order valence-corrected chi connectivity index (χ3v) is 4.06. The molecule has 0 aromatic heterocycles. The van der Waals surface area contributed by atoms with E-state index in [0.717, 1.165) is 31.5 Å². The first-order valence-corrected chi connectivity index (χ1v) is 8.01. The molecule has 2 rings (SSSR count). The number of carbonyl (C=O) groups excluding carboxylic acids is 1. The lowest BCUT2D eigenvalue weighted by Gasteiger charge is -2.26. The summed E-state index contributed by atoms with van der Waals surface area (Å²) < 4.78 is 16.0. The Labute approximate surface area is 137 Å². The molecular weight excluding hydrogens is 296 g/mol. The third kappa shape index (κ3) is 4.43. The van der Waals surface area contributed by atoms with Gasteiger partial charge in [0.25, 0.3) is 0 Å². The number of benzene rings is 1. The first-order valence-electron chi connectivity index (χ1n) is 8.01. The number of hydrogen-bond acceptors (Lipinski definition) is 4. The van der Waals surface area contributed by atoms with Gasteiger partial charge in [-0.15, -0.1) is 0 Å². The summed E-state index contributed by atoms with van der Waals surface area (Å²) in [6.45, 7) is 2.29. The number of nitrogens with one attached hydrogen (secondary N) is 1. The van der Waals surface area contributed by atoms with Gasteiger partial charge in [0.1, 0.15) is 0 Å². The molecule has 0 aliphatic carbocycles. The van der Waals surface area contributed by atoms with Gasteiger partial charge in [-0.2, -0.15) is 0 Å². The van der Waals surface area contributed by atoms with E-state index < -0.39 is 0 Å². The van der Waals surface area contributed by atoms with Crippen LogP contribution in [0.3, 0.4) is 0 Å². The van der Waals surface area contributed by atoms with Gasteiger partial charge in [0.05, 0.1) is 21.3 Å². The van der Waals surface area contributed by atoms with E-state index in [-0.39, 0.29) is 6.03 Å². The SMILES string of the molecule is COc1cc(CCNC(=O)N2CCCCC2)cc(OC)c1OC. The molecule has 128 valence electrons. The molecule has 6 heteroatoms. The molecule has 1 saturated heterocycles. The van der Waals surface area contributed by atoms with Crippen LogP contribution in [0.5, 0.6) is 17.2 Å². The summed E-state index contributed by atoms with van der Waals surface area (Å²) in [7, 11) is 4.78. The van der Waals surface area contributed by atoms with Crippen LogP contribution in [-0.2, 0) is 6.42 Å². The Morgan fingerprint density at radius 2 is 1.65 bits per heavy atom. The lowest BCUT2D eigenvalue weighted by molar-refractivity contribution is 0.186. The zero-order valence-electron chi connectivity index (χ0n) is 14.2. The second-order valence-electron chi connectivity index (χ2n) is 5.56. The highest BCUT2D eigenvalue weighted by atomic mass is 16.5. The summed E-state index contributed by atoms with van der Waals surface area (Å²) in [5.74, 6) is 1.84. The molecule has 1 fully saturated rings. The van der Waals surface area contributed by atoms with Crippen molar-refractivity contribution in [3.63, 3.8) is 0 Å². The van der Waals surface area contributed by atoms with E-state index in [2.05, 4.69) is 5.32 Å². The molecule has 0 bridgehead atoms. The molecule has 0 saturated carbocycles. The molecule has 1 aromatic carbocycles. The maximum atomic E-state index is 12.1. The second-order valence-corrected chi connectivity index (χ2v) is 5.56. The molecule has 0 spiro atoms. The zero-order valence-corrected chi connectivity index (χ0v) is 14.2. The molecule has 1 aliphatic heterocycles. The molecule has 1 aromatic rings. The molecular formula is C17H26N2O4. The molecule has 0 unspecified atom stereocenters. The van der Waals surface area contributed by atoms with Crippen LogP contribution in [0, 0.1) is 0 Å². The van der Waals surface area contributed by atoms with Crippen LogP contribution >= 0.6 is 0 Å². The highest BCUT2D eigenvalue weighted by molar-refractivity contribution is 5.74. The van der Waals surface area contributed by atoms with Crippen molar-refractivity contribution in [3.05, 3.63) is 17.7 Å². The number of hydrogen-bond donors (Lipinski definition) is 1. The standard InChI is InChI=1S/C17H26N2O4/c1-21-14-11-13(12-15(22-2)16(14)23-3)7-8-18-17(20)19-9-5-4-6-10-19/h11-12H,4-10H2,1-3H3,(H,18,20). The van der Waals surface area contributed by atoms with E-state index in [1.54, 1.807) is 21.3 Å². The second kappa shape index (κ2) is 8.50. The Hall–Kier alpha value is -2.11. The molecule has 1 heterocycles. The minimum absolute atomic E-state index is 0.0251. The molecule has 0 atom stereocenters. The summed E-state index contributed by atoms with van der Waals surface area (Å²) in [6.07, 6.45) is 4.12. The summed E-state index contributed by atoms with van der Waals surface area (Å²) in [6, 6.07) is 3.85. The number of carbonyl (C=O) groups is 1. The van der Waals surface area contributed by atoms with Crippen LogP contribution in [0.2, 0.25) is 0 Å². The van der Waals surface area contributed by atoms with Gasteiger partial charge in [-0.05, 0) is 43.4 Å². The van der Waals surface area contributed by atoms with Gasteiger partial charge in [0.15, 0.2) is 11.5 Å². The normalized spacial score (nSPS) is 14.3. The number of likely N-dealkylation sites (tertiary alicyclic amines) is 1. The van der Waals surface area contributed by atoms with Crippen LogP contribution < -0.4 is 19.5 Å². The van der Waals surface area contributed by atoms with Crippen LogP contribution in [0.15, 0.2) is 12.1 Å². The quantitative estimate of drug-likeness (QED) is 0.874. The number of nitrogens with zero attached hydrogens (tertiary/aromatic N) is 1. The molecule has 23 heavy (non-hydrogen) atoms. The molecule has 1 N–H and O–H groups in total. The lowest BCUT2D eigenvalue weighted by Crippen LogP contribution is -2.43. The fraction of sp³-hybridized carbons (Fsp3) is 0.588. The fourth-order valence-electron chi connectivity index (χ4n) is 2.80. The predicted molar refractivity (Wildman–Crippen MR) is 88.6 cm³/mol. The minimum Gasteiger partial charge on any atom is -0.493 e. The molecule has 6 nitrogen and oxygen atoms in total. The Kier molecular flexibility index (Phi) is 6.38. The Morgan fingerprint density at radius 1 is 1.04 bits per heavy atom. The average molecular weight is 322 g/mol. The van der Waals surface area contributed by atoms with E-state index in [9.17, 15) is 4.79 Å². The number of amides is 2. The third-order valence-electron chi connectivity index (χ3n) is 4.06. The first-order chi connectivity index (χ1) is 11.2. The van der Waals surface area contributed by atoms with Crippen molar-refractivity contribution in [2.75, 3.05) is 41.0 Å². The van der Waals surface area contributed by atoms with Crippen LogP contribution in [-0.4, -0.2) is 51.9 Å². The van der Waals surface area contributed by atoms with Crippen molar-refractivity contribution >= 4 is 6.03 Å². The molecule has 0 radical (unpaired) electrons. The van der Waals surface area contributed by atoms with Crippen molar-refractivity contribution in [3.8, 4) is 17.2 Å². The predicted octanol–water partition coefficient (Wildman–Crippen LogP) is 2.45. The van der Waals surface area contributed by atoms with Gasteiger partial charge in [-0.25, -0.2) is 4.79 Å². The molecule has 2 amide bonds. The van der Waals surface area contributed by atoms with Gasteiger partial charge in [0.2, 0.25) is 5.75 Å². The number of ether oxygens (including phenoxy) is 3. The van der Waals surface area contributed by atoms with Crippen LogP contribution in [0.1, 0.15) is 24.8 Å². The topological polar surface area (TPSA) is 60.0 Å². The highest BCUT2D eigenvalue weighted by Gasteiger charge is 2.16. The summed E-state index contributed by atoms with van der Waals surface area (Å²) >= 11 is 0. The largest absolute Gasteiger partial charge is 0.493 e. The van der Waals surface area contributed by atoms with Gasteiger partial charge in [0, 0.05) is 19.6 Å². The minimum atomic E-state index is 0.0251. The number of urea groups is 1. The zero-order chi connectivity index (χ0) is 16.7. The number of rotatable bonds is 6. The van der Waals surface area contributed by atoms with Crippen LogP contribution in [0.25, 0.3) is 0 Å². The van der Waals surface area contributed by atoms with E-state index in [1.807, 2.05) is 17.0 Å². The van der Waals surface area contributed by atoms with Crippen molar-refractivity contribution in [2.24, 2.45) is 0 Å². The summed E-state index contributed by atoms with van der Waals surface area (Å²) in [5, 5.41) is 2.98. The smallest absolute Gasteiger partial charge is 0.317 e. The Bertz CT molecular complexity index is 502. The van der Waals surface area contributed by atoms with Crippen molar-refractivity contribution in [1.82, 2.24) is 10.2 Å².